The van der Waals surface area contributed by atoms with E-state index in [1.165, 1.54) is 6.92 Å². The molecule has 3 aromatic rings. The van der Waals surface area contributed by atoms with Crippen LogP contribution in [0.2, 0.25) is 0 Å². The minimum absolute atomic E-state index is 0.00806. The highest BCUT2D eigenvalue weighted by Crippen LogP contribution is 2.50. The largest absolute Gasteiger partial charge is 0.481 e. The van der Waals surface area contributed by atoms with Gasteiger partial charge < -0.3 is 15.3 Å². The number of aliphatic carboxylic acids is 1. The third kappa shape index (κ3) is 6.32. The number of hydrogen-bond acceptors (Lipinski definition) is 4. The summed E-state index contributed by atoms with van der Waals surface area (Å²) in [7, 11) is 0. The number of fused-ring (bicyclic) bond motifs is 3. The molecule has 0 unspecified atom stereocenters. The molecule has 0 saturated carbocycles. The monoisotopic (exact) mass is 573 g/mol. The Morgan fingerprint density at radius 1 is 1.12 bits per heavy atom. The zero-order valence-electron chi connectivity index (χ0n) is 25.8. The number of carbonyl (C=O) groups excluding carboxylic acids is 1. The molecular formula is C37H39N3O3. The molecule has 3 aromatic carbocycles. The maximum atomic E-state index is 11.6. The van der Waals surface area contributed by atoms with Gasteiger partial charge in [0.05, 0.1) is 18.1 Å². The molecule has 0 bridgehead atoms. The third-order valence-corrected chi connectivity index (χ3v) is 8.35. The second kappa shape index (κ2) is 12.1. The van der Waals surface area contributed by atoms with Crippen LogP contribution in [0.25, 0.3) is 10.8 Å². The number of allylic oxidation sites excluding steroid dienone is 7. The van der Waals surface area contributed by atoms with E-state index in [1.54, 1.807) is 12.2 Å². The Hall–Kier alpha value is -4.89. The van der Waals surface area contributed by atoms with Crippen LogP contribution in [0.1, 0.15) is 57.7 Å². The first-order valence-corrected chi connectivity index (χ1v) is 14.4. The Morgan fingerprint density at radius 3 is 2.51 bits per heavy atom. The van der Waals surface area contributed by atoms with Crippen LogP contribution in [0.5, 0.6) is 0 Å². The summed E-state index contributed by atoms with van der Waals surface area (Å²) in [5.41, 5.74) is 6.29. The van der Waals surface area contributed by atoms with Crippen LogP contribution in [0.3, 0.4) is 0 Å². The highest BCUT2D eigenvalue weighted by molar-refractivity contribution is 5.95. The average molecular weight is 574 g/mol. The molecule has 2 N–H and O–H groups in total. The lowest BCUT2D eigenvalue weighted by Crippen LogP contribution is -2.28. The number of nitriles is 1. The van der Waals surface area contributed by atoms with Crippen LogP contribution in [0.4, 0.5) is 11.4 Å². The summed E-state index contributed by atoms with van der Waals surface area (Å²) < 4.78 is 0. The molecule has 0 atom stereocenters. The summed E-state index contributed by atoms with van der Waals surface area (Å²) >= 11 is 0. The standard InChI is InChI=1S/C37H39N3O3/c1-24-12-17-29(39-26(3)41)22-31(24)36(4,5)25(2)13-14-27(23-38)15-19-33-37(6,7)35-30-11-9-8-10-28(30)16-18-32(35)40(33)21-20-34(42)43/h8-19,22H,2,20-21H2,1,3-7H3,(H,39,41)(H,42,43)/b14-13+,27-15-,33-19+. The molecule has 1 aliphatic heterocycles. The number of nitrogens with one attached hydrogen (secondary N) is 1. The van der Waals surface area contributed by atoms with E-state index >= 15 is 0 Å². The van der Waals surface area contributed by atoms with E-state index < -0.39 is 16.8 Å². The summed E-state index contributed by atoms with van der Waals surface area (Å²) in [6.45, 7) is 16.6. The number of carboxylic acid groups (broad SMARTS) is 1. The first-order chi connectivity index (χ1) is 20.3. The second-order valence-corrected chi connectivity index (χ2v) is 12.1. The fraction of sp³-hybridized carbons (Fsp3) is 0.270. The normalized spacial score (nSPS) is 15.5. The lowest BCUT2D eigenvalue weighted by atomic mass is 9.76. The zero-order valence-corrected chi connectivity index (χ0v) is 25.8. The quantitative estimate of drug-likeness (QED) is 0.199. The summed E-state index contributed by atoms with van der Waals surface area (Å²) in [6, 6.07) is 20.5. The van der Waals surface area contributed by atoms with Crippen molar-refractivity contribution in [1.29, 1.82) is 5.26 Å². The molecule has 0 spiro atoms. The Balaban J connectivity index is 1.69. The average Bonchev–Trinajstić information content (AvgIpc) is 3.17. The van der Waals surface area contributed by atoms with Gasteiger partial charge in [0.2, 0.25) is 5.91 Å². The zero-order chi connectivity index (χ0) is 31.5. The number of carbonyl (C=O) groups is 2. The first-order valence-electron chi connectivity index (χ1n) is 14.4. The van der Waals surface area contributed by atoms with Gasteiger partial charge in [-0.1, -0.05) is 76.7 Å². The predicted molar refractivity (Wildman–Crippen MR) is 175 cm³/mol. The van der Waals surface area contributed by atoms with Gasteiger partial charge in [0.25, 0.3) is 0 Å². The molecule has 1 amide bonds. The molecule has 1 aliphatic rings. The lowest BCUT2D eigenvalue weighted by Gasteiger charge is -2.29. The molecule has 0 aromatic heterocycles. The molecule has 0 fully saturated rings. The van der Waals surface area contributed by atoms with Crippen molar-refractivity contribution < 1.29 is 14.7 Å². The number of carboxylic acids is 1. The van der Waals surface area contributed by atoms with Crippen LogP contribution < -0.4 is 10.2 Å². The number of rotatable bonds is 9. The number of nitrogens with zero attached hydrogens (tertiary/aromatic N) is 2. The van der Waals surface area contributed by atoms with Crippen LogP contribution in [0.15, 0.2) is 102 Å². The van der Waals surface area contributed by atoms with Crippen LogP contribution in [-0.2, 0) is 20.4 Å². The molecule has 0 radical (unpaired) electrons. The SMILES string of the molecule is C=C(/C=C/C(C#N)=C/C=C1/N(CCC(=O)O)c2ccc3ccccc3c2C1(C)C)C(C)(C)c1cc(NC(C)=O)ccc1C. The van der Waals surface area contributed by atoms with E-state index in [9.17, 15) is 20.0 Å². The van der Waals surface area contributed by atoms with E-state index in [0.717, 1.165) is 50.1 Å². The summed E-state index contributed by atoms with van der Waals surface area (Å²) in [4.78, 5) is 25.2. The van der Waals surface area contributed by atoms with Crippen molar-refractivity contribution >= 4 is 34.0 Å². The molecule has 6 nitrogen and oxygen atoms in total. The van der Waals surface area contributed by atoms with Gasteiger partial charge >= 0.3 is 5.97 Å². The van der Waals surface area contributed by atoms with Gasteiger partial charge in [0.1, 0.15) is 0 Å². The minimum Gasteiger partial charge on any atom is -0.481 e. The smallest absolute Gasteiger partial charge is 0.305 e. The summed E-state index contributed by atoms with van der Waals surface area (Å²) in [6.07, 6.45) is 7.35. The molecule has 4 rings (SSSR count). The molecule has 0 saturated heterocycles. The van der Waals surface area contributed by atoms with Crippen LogP contribution >= 0.6 is 0 Å². The van der Waals surface area contributed by atoms with Crippen LogP contribution in [-0.4, -0.2) is 23.5 Å². The van der Waals surface area contributed by atoms with E-state index in [0.29, 0.717) is 12.1 Å². The van der Waals surface area contributed by atoms with Crippen molar-refractivity contribution in [3.63, 3.8) is 0 Å². The van der Waals surface area contributed by atoms with Gasteiger partial charge in [-0.25, -0.2) is 0 Å². The van der Waals surface area contributed by atoms with Crippen molar-refractivity contribution in [2.75, 3.05) is 16.8 Å². The van der Waals surface area contributed by atoms with Gasteiger partial charge in [-0.05, 0) is 76.4 Å². The lowest BCUT2D eigenvalue weighted by molar-refractivity contribution is -0.136. The van der Waals surface area contributed by atoms with Crippen LogP contribution in [0, 0.1) is 18.3 Å². The van der Waals surface area contributed by atoms with Crippen molar-refractivity contribution in [1.82, 2.24) is 0 Å². The highest BCUT2D eigenvalue weighted by Gasteiger charge is 2.41. The fourth-order valence-corrected chi connectivity index (χ4v) is 5.93. The summed E-state index contributed by atoms with van der Waals surface area (Å²) in [5, 5.41) is 24.6. The number of aryl methyl sites for hydroxylation is 1. The molecule has 43 heavy (non-hydrogen) atoms. The van der Waals surface area contributed by atoms with Crippen molar-refractivity contribution in [2.45, 2.75) is 58.8 Å². The van der Waals surface area contributed by atoms with Gasteiger partial charge in [-0.2, -0.15) is 5.26 Å². The number of benzene rings is 3. The number of anilines is 2. The Bertz CT molecular complexity index is 1750. The summed E-state index contributed by atoms with van der Waals surface area (Å²) in [5.74, 6) is -0.992. The van der Waals surface area contributed by atoms with E-state index in [1.807, 2.05) is 49.4 Å². The molecule has 6 heteroatoms. The molecular weight excluding hydrogens is 534 g/mol. The third-order valence-electron chi connectivity index (χ3n) is 8.35. The Morgan fingerprint density at radius 2 is 1.84 bits per heavy atom. The van der Waals surface area contributed by atoms with Gasteiger partial charge in [0.15, 0.2) is 0 Å². The second-order valence-electron chi connectivity index (χ2n) is 12.1. The maximum absolute atomic E-state index is 11.6. The number of hydrogen-bond donors (Lipinski definition) is 2. The van der Waals surface area contributed by atoms with E-state index in [-0.39, 0.29) is 12.3 Å². The molecule has 0 aliphatic carbocycles. The van der Waals surface area contributed by atoms with Crippen molar-refractivity contribution in [3.05, 3.63) is 119 Å². The van der Waals surface area contributed by atoms with Crippen molar-refractivity contribution in [2.24, 2.45) is 0 Å². The molecule has 1 heterocycles. The van der Waals surface area contributed by atoms with Gasteiger partial charge in [-0.15, -0.1) is 0 Å². The maximum Gasteiger partial charge on any atom is 0.305 e. The predicted octanol–water partition coefficient (Wildman–Crippen LogP) is 8.10. The highest BCUT2D eigenvalue weighted by atomic mass is 16.4. The minimum atomic E-state index is -0.860. The fourth-order valence-electron chi connectivity index (χ4n) is 5.93. The van der Waals surface area contributed by atoms with Crippen molar-refractivity contribution in [3.8, 4) is 6.07 Å². The van der Waals surface area contributed by atoms with Gasteiger partial charge in [-0.3, -0.25) is 9.59 Å². The number of amides is 1. The first kappa shape index (κ1) is 31.1. The van der Waals surface area contributed by atoms with E-state index in [4.69, 9.17) is 0 Å². The molecule has 220 valence electrons. The topological polar surface area (TPSA) is 93.4 Å². The Kier molecular flexibility index (Phi) is 8.77. The van der Waals surface area contributed by atoms with Gasteiger partial charge in [0, 0.05) is 41.4 Å². The Labute approximate surface area is 254 Å². The van der Waals surface area contributed by atoms with E-state index in [2.05, 4.69) is 74.8 Å².